The number of halogens is 3. The highest BCUT2D eigenvalue weighted by Gasteiger charge is 2.46. The van der Waals surface area contributed by atoms with E-state index < -0.39 is 18.0 Å². The molecule has 5 heterocycles. The van der Waals surface area contributed by atoms with Crippen LogP contribution in [0.4, 0.5) is 4.39 Å². The molecule has 3 atom stereocenters. The molecule has 10 rings (SSSR count). The molecular formula is C55H56Cl2FN7O7S. The van der Waals surface area contributed by atoms with Crippen LogP contribution in [0.25, 0.3) is 31.8 Å². The number of benzene rings is 3. The van der Waals surface area contributed by atoms with Crippen molar-refractivity contribution in [1.29, 1.82) is 0 Å². The van der Waals surface area contributed by atoms with Crippen LogP contribution in [-0.2, 0) is 22.7 Å². The van der Waals surface area contributed by atoms with Gasteiger partial charge in [0.2, 0.25) is 0 Å². The molecule has 3 aliphatic rings. The summed E-state index contributed by atoms with van der Waals surface area (Å²) in [6.45, 7) is 8.49. The Morgan fingerprint density at radius 2 is 1.70 bits per heavy atom. The lowest BCUT2D eigenvalue weighted by Crippen LogP contribution is -2.49. The Morgan fingerprint density at radius 1 is 0.932 bits per heavy atom. The van der Waals surface area contributed by atoms with Gasteiger partial charge in [0.05, 0.1) is 46.1 Å². The Bertz CT molecular complexity index is 3140. The number of likely N-dealkylation sites (N-methyl/N-ethyl adjacent to an activating group) is 1. The van der Waals surface area contributed by atoms with Crippen molar-refractivity contribution >= 4 is 50.7 Å². The zero-order valence-electron chi connectivity index (χ0n) is 40.8. The minimum atomic E-state index is -0.853. The van der Waals surface area contributed by atoms with Crippen molar-refractivity contribution in [3.63, 3.8) is 0 Å². The number of fused-ring (bicyclic) bond motifs is 1. The molecule has 2 saturated carbocycles. The predicted octanol–water partition coefficient (Wildman–Crippen LogP) is 10.7. The minimum absolute atomic E-state index is 0.110. The number of thiophene rings is 1. The molecule has 0 spiro atoms. The first-order chi connectivity index (χ1) is 35.4. The zero-order valence-corrected chi connectivity index (χ0v) is 43.1. The molecule has 1 aliphatic heterocycles. The smallest absolute Gasteiger partial charge is 0.307 e. The summed E-state index contributed by atoms with van der Waals surface area (Å²) in [5.74, 6) is 0.391. The van der Waals surface area contributed by atoms with Gasteiger partial charge < -0.3 is 33.9 Å². The SMILES string of the molecule is Cc1c(Cl)c(O[C@@H](COc2ccc(OCc3ccnc(C4CCC(OCc5cccnc5)CC4)n3)c(C3C[C@H]3C(=O)O)c2)CN2CCN(C)CC2)c(Cl)c(C)c1-c1c(-c2ccc(F)cc2)sc2nc[nH]c(=O)c12. The molecular weight excluding hydrogens is 993 g/mol. The molecule has 7 aromatic rings. The Kier molecular flexibility index (Phi) is 15.4. The van der Waals surface area contributed by atoms with Crippen LogP contribution in [0.3, 0.4) is 0 Å². The second-order valence-electron chi connectivity index (χ2n) is 19.3. The van der Waals surface area contributed by atoms with E-state index >= 15 is 0 Å². The molecule has 0 amide bonds. The van der Waals surface area contributed by atoms with E-state index in [1.807, 2.05) is 56.4 Å². The van der Waals surface area contributed by atoms with Gasteiger partial charge >= 0.3 is 5.97 Å². The number of carbonyl (C=O) groups is 1. The zero-order chi connectivity index (χ0) is 50.8. The minimum Gasteiger partial charge on any atom is -0.490 e. The van der Waals surface area contributed by atoms with Crippen molar-refractivity contribution in [2.24, 2.45) is 5.92 Å². The van der Waals surface area contributed by atoms with Crippen molar-refractivity contribution in [2.45, 2.75) is 83.2 Å². The highest BCUT2D eigenvalue weighted by Crippen LogP contribution is 2.53. The molecule has 1 unspecified atom stereocenters. The molecule has 4 aromatic heterocycles. The second kappa shape index (κ2) is 22.2. The maximum atomic E-state index is 14.1. The number of pyridine rings is 1. The molecule has 3 fully saturated rings. The second-order valence-corrected chi connectivity index (χ2v) is 21.0. The number of aliphatic carboxylic acids is 1. The first-order valence-corrected chi connectivity index (χ1v) is 26.2. The molecule has 380 valence electrons. The molecule has 14 nitrogen and oxygen atoms in total. The number of rotatable bonds is 18. The lowest BCUT2D eigenvalue weighted by molar-refractivity contribution is -0.138. The number of H-pyrrole nitrogens is 1. The summed E-state index contributed by atoms with van der Waals surface area (Å²) in [6.07, 6.45) is 10.6. The average Bonchev–Trinajstić information content (AvgIpc) is 4.13. The van der Waals surface area contributed by atoms with E-state index in [0.717, 1.165) is 79.4 Å². The Labute approximate surface area is 436 Å². The number of nitrogens with zero attached hydrogens (tertiary/aromatic N) is 6. The fraction of sp³-hybridized carbons (Fsp3) is 0.382. The van der Waals surface area contributed by atoms with E-state index in [0.29, 0.717) is 69.1 Å². The number of aromatic nitrogens is 5. The summed E-state index contributed by atoms with van der Waals surface area (Å²) >= 11 is 15.9. The Hall–Kier alpha value is -6.01. The Balaban J connectivity index is 0.873. The molecule has 0 bridgehead atoms. The maximum Gasteiger partial charge on any atom is 0.307 e. The standard InChI is InChI=1S/C55H56Cl2FN7O7S/c1-31-45(46-47-53(66)61-30-62-54(47)73-51(46)34-6-10-36(58)11-7-34)32(2)49(57)50(48(31)56)72-40(26-65-21-19-64(3)20-22-65)29-70-39-14-15-44(42(23-39)41-24-43(41)55(67)68)71-28-37-16-18-60-52(63-37)35-8-12-38(13-9-35)69-27-33-5-4-17-59-25-33/h4-7,10-11,14-18,23,25,30,35,38,40-41,43H,8-9,12-13,19-22,24,26-29H2,1-3H3,(H,67,68)(H,61,62,66)/t35?,38?,40-,41?,43-/m1/s1. The predicted molar refractivity (Wildman–Crippen MR) is 280 cm³/mol. The number of hydrogen-bond donors (Lipinski definition) is 2. The third-order valence-corrected chi connectivity index (χ3v) is 16.3. The van der Waals surface area contributed by atoms with Gasteiger partial charge in [-0.2, -0.15) is 0 Å². The Morgan fingerprint density at radius 3 is 2.41 bits per heavy atom. The van der Waals surface area contributed by atoms with E-state index in [-0.39, 0.29) is 58.3 Å². The van der Waals surface area contributed by atoms with Crippen molar-refractivity contribution in [1.82, 2.24) is 34.7 Å². The number of aromatic amines is 1. The number of nitrogens with one attached hydrogen (secondary N) is 1. The molecule has 18 heteroatoms. The topological polar surface area (TPSA) is 165 Å². The van der Waals surface area contributed by atoms with Crippen LogP contribution in [0.1, 0.15) is 77.7 Å². The molecule has 1 saturated heterocycles. The van der Waals surface area contributed by atoms with Gasteiger partial charge in [0.25, 0.3) is 5.56 Å². The maximum absolute atomic E-state index is 14.1. The quantitative estimate of drug-likeness (QED) is 0.0835. The van der Waals surface area contributed by atoms with Gasteiger partial charge in [0.15, 0.2) is 5.75 Å². The van der Waals surface area contributed by atoms with Gasteiger partial charge in [0.1, 0.15) is 47.3 Å². The van der Waals surface area contributed by atoms with Crippen LogP contribution in [-0.4, -0.2) is 104 Å². The summed E-state index contributed by atoms with van der Waals surface area (Å²) in [5.41, 5.74) is 5.49. The van der Waals surface area contributed by atoms with Crippen LogP contribution in [0.15, 0.2) is 90.4 Å². The molecule has 2 aliphatic carbocycles. The summed E-state index contributed by atoms with van der Waals surface area (Å²) in [4.78, 5) is 52.5. The van der Waals surface area contributed by atoms with E-state index in [9.17, 15) is 19.1 Å². The van der Waals surface area contributed by atoms with E-state index in [2.05, 4.69) is 36.8 Å². The van der Waals surface area contributed by atoms with Crippen LogP contribution in [0.5, 0.6) is 17.2 Å². The monoisotopic (exact) mass is 1050 g/mol. The van der Waals surface area contributed by atoms with Crippen LogP contribution >= 0.6 is 34.5 Å². The van der Waals surface area contributed by atoms with Crippen LogP contribution in [0.2, 0.25) is 10.0 Å². The summed E-state index contributed by atoms with van der Waals surface area (Å²) in [6, 6.07) is 17.4. The van der Waals surface area contributed by atoms with Crippen molar-refractivity contribution < 1.29 is 33.2 Å². The molecule has 0 radical (unpaired) electrons. The van der Waals surface area contributed by atoms with E-state index in [1.165, 1.54) is 29.8 Å². The average molecular weight is 1050 g/mol. The molecule has 2 N–H and O–H groups in total. The van der Waals surface area contributed by atoms with Crippen LogP contribution < -0.4 is 19.8 Å². The molecule has 73 heavy (non-hydrogen) atoms. The van der Waals surface area contributed by atoms with E-state index in [1.54, 1.807) is 24.5 Å². The third kappa shape index (κ3) is 11.4. The summed E-state index contributed by atoms with van der Waals surface area (Å²) in [5, 5.41) is 10.9. The number of carboxylic acid groups (broad SMARTS) is 1. The largest absolute Gasteiger partial charge is 0.490 e. The number of piperazine rings is 1. The number of hydrogen-bond acceptors (Lipinski definition) is 13. The lowest BCUT2D eigenvalue weighted by Gasteiger charge is -2.35. The van der Waals surface area contributed by atoms with E-state index in [4.69, 9.17) is 47.1 Å². The number of ether oxygens (including phenoxy) is 4. The molecule has 3 aromatic carbocycles. The summed E-state index contributed by atoms with van der Waals surface area (Å²) in [7, 11) is 2.10. The third-order valence-electron chi connectivity index (χ3n) is 14.3. The number of carboxylic acids is 1. The lowest BCUT2D eigenvalue weighted by atomic mass is 9.86. The van der Waals surface area contributed by atoms with Gasteiger partial charge in [-0.25, -0.2) is 19.3 Å². The summed E-state index contributed by atoms with van der Waals surface area (Å²) < 4.78 is 40.2. The van der Waals surface area contributed by atoms with Crippen molar-refractivity contribution in [3.8, 4) is 38.8 Å². The van der Waals surface area contributed by atoms with Gasteiger partial charge in [-0.15, -0.1) is 11.3 Å². The van der Waals surface area contributed by atoms with Gasteiger partial charge in [0, 0.05) is 79.2 Å². The van der Waals surface area contributed by atoms with Gasteiger partial charge in [-0.1, -0.05) is 41.4 Å². The highest BCUT2D eigenvalue weighted by atomic mass is 35.5. The highest BCUT2D eigenvalue weighted by molar-refractivity contribution is 7.22. The van der Waals surface area contributed by atoms with Crippen LogP contribution in [0, 0.1) is 25.6 Å². The van der Waals surface area contributed by atoms with Gasteiger partial charge in [-0.05, 0) is 123 Å². The first-order valence-electron chi connectivity index (χ1n) is 24.6. The normalized spacial score (nSPS) is 19.7. The fourth-order valence-electron chi connectivity index (χ4n) is 10.1. The fourth-order valence-corrected chi connectivity index (χ4v) is 11.7. The van der Waals surface area contributed by atoms with Crippen molar-refractivity contribution in [2.75, 3.05) is 46.4 Å². The van der Waals surface area contributed by atoms with Crippen molar-refractivity contribution in [3.05, 3.63) is 146 Å². The first kappa shape index (κ1) is 50.5. The van der Waals surface area contributed by atoms with Gasteiger partial charge in [-0.3, -0.25) is 19.5 Å².